The molecule has 0 saturated carbocycles. The van der Waals surface area contributed by atoms with Crippen LogP contribution in [-0.4, -0.2) is 49.7 Å². The summed E-state index contributed by atoms with van der Waals surface area (Å²) < 4.78 is 45.3. The van der Waals surface area contributed by atoms with E-state index in [2.05, 4.69) is 0 Å². The van der Waals surface area contributed by atoms with E-state index < -0.39 is 15.8 Å². The van der Waals surface area contributed by atoms with Gasteiger partial charge in [-0.05, 0) is 42.8 Å². The SMILES string of the molecule is Cc1cc(S(=O)(=O)N2CCN(C(=O)CCc3ccco3)CC2)ccc1F. The van der Waals surface area contributed by atoms with Crippen LogP contribution in [0.15, 0.2) is 45.9 Å². The van der Waals surface area contributed by atoms with Crippen molar-refractivity contribution in [2.75, 3.05) is 26.2 Å². The molecule has 140 valence electrons. The second kappa shape index (κ2) is 7.59. The van der Waals surface area contributed by atoms with Crippen molar-refractivity contribution in [3.05, 3.63) is 53.7 Å². The van der Waals surface area contributed by atoms with Gasteiger partial charge in [-0.3, -0.25) is 4.79 Å². The first-order valence-corrected chi connectivity index (χ1v) is 9.88. The van der Waals surface area contributed by atoms with E-state index >= 15 is 0 Å². The molecule has 0 radical (unpaired) electrons. The Bertz CT molecular complexity index is 873. The number of furan rings is 1. The molecule has 1 aliphatic rings. The minimum absolute atomic E-state index is 0.0175. The second-order valence-corrected chi connectivity index (χ2v) is 8.21. The van der Waals surface area contributed by atoms with Gasteiger partial charge < -0.3 is 9.32 Å². The van der Waals surface area contributed by atoms with Crippen LogP contribution >= 0.6 is 0 Å². The highest BCUT2D eigenvalue weighted by Crippen LogP contribution is 2.20. The fraction of sp³-hybridized carbons (Fsp3) is 0.389. The molecule has 0 atom stereocenters. The minimum atomic E-state index is -3.68. The maximum atomic E-state index is 13.4. The van der Waals surface area contributed by atoms with Gasteiger partial charge in [0.25, 0.3) is 0 Å². The van der Waals surface area contributed by atoms with Crippen LogP contribution < -0.4 is 0 Å². The summed E-state index contributed by atoms with van der Waals surface area (Å²) in [6.07, 6.45) is 2.43. The highest BCUT2D eigenvalue weighted by Gasteiger charge is 2.30. The summed E-state index contributed by atoms with van der Waals surface area (Å²) in [4.78, 5) is 14.0. The van der Waals surface area contributed by atoms with Crippen molar-refractivity contribution in [2.24, 2.45) is 0 Å². The van der Waals surface area contributed by atoms with Gasteiger partial charge in [0.05, 0.1) is 11.2 Å². The van der Waals surface area contributed by atoms with Crippen LogP contribution in [0.2, 0.25) is 0 Å². The molecule has 1 aliphatic heterocycles. The fourth-order valence-electron chi connectivity index (χ4n) is 2.95. The van der Waals surface area contributed by atoms with Crippen LogP contribution in [0, 0.1) is 12.7 Å². The van der Waals surface area contributed by atoms with Gasteiger partial charge in [0.1, 0.15) is 11.6 Å². The zero-order valence-corrected chi connectivity index (χ0v) is 15.3. The summed E-state index contributed by atoms with van der Waals surface area (Å²) in [6.45, 7) is 2.67. The number of hydrogen-bond donors (Lipinski definition) is 0. The number of carbonyl (C=O) groups excluding carboxylic acids is 1. The van der Waals surface area contributed by atoms with E-state index in [0.717, 1.165) is 11.8 Å². The first kappa shape index (κ1) is 18.6. The number of aryl methyl sites for hydroxylation is 2. The minimum Gasteiger partial charge on any atom is -0.469 e. The number of sulfonamides is 1. The number of rotatable bonds is 5. The van der Waals surface area contributed by atoms with E-state index in [9.17, 15) is 17.6 Å². The Morgan fingerprint density at radius 2 is 1.92 bits per heavy atom. The number of amides is 1. The van der Waals surface area contributed by atoms with Crippen molar-refractivity contribution in [3.63, 3.8) is 0 Å². The third kappa shape index (κ3) is 3.96. The fourth-order valence-corrected chi connectivity index (χ4v) is 4.46. The molecule has 1 saturated heterocycles. The first-order chi connectivity index (χ1) is 12.4. The summed E-state index contributed by atoms with van der Waals surface area (Å²) >= 11 is 0. The Morgan fingerprint density at radius 1 is 1.19 bits per heavy atom. The lowest BCUT2D eigenvalue weighted by Gasteiger charge is -2.34. The smallest absolute Gasteiger partial charge is 0.243 e. The molecule has 0 spiro atoms. The lowest BCUT2D eigenvalue weighted by molar-refractivity contribution is -0.132. The average molecular weight is 380 g/mol. The summed E-state index contributed by atoms with van der Waals surface area (Å²) in [6, 6.07) is 7.38. The van der Waals surface area contributed by atoms with E-state index in [0.29, 0.717) is 25.9 Å². The van der Waals surface area contributed by atoms with Gasteiger partial charge in [-0.25, -0.2) is 12.8 Å². The molecule has 1 fully saturated rings. The van der Waals surface area contributed by atoms with Gasteiger partial charge in [0.15, 0.2) is 0 Å². The lowest BCUT2D eigenvalue weighted by atomic mass is 10.2. The Hall–Kier alpha value is -2.19. The Balaban J connectivity index is 1.58. The molecular weight excluding hydrogens is 359 g/mol. The summed E-state index contributed by atoms with van der Waals surface area (Å²) in [5.41, 5.74) is 0.290. The maximum Gasteiger partial charge on any atom is 0.243 e. The number of halogens is 1. The Labute approximate surface area is 152 Å². The number of hydrogen-bond acceptors (Lipinski definition) is 4. The number of benzene rings is 1. The van der Waals surface area contributed by atoms with Crippen molar-refractivity contribution in [3.8, 4) is 0 Å². The monoisotopic (exact) mass is 380 g/mol. The molecule has 0 unspecified atom stereocenters. The van der Waals surface area contributed by atoms with Crippen molar-refractivity contribution in [1.29, 1.82) is 0 Å². The Kier molecular flexibility index (Phi) is 5.43. The first-order valence-electron chi connectivity index (χ1n) is 8.44. The highest BCUT2D eigenvalue weighted by atomic mass is 32.2. The molecular formula is C18H21FN2O4S. The van der Waals surface area contributed by atoms with Gasteiger partial charge in [0, 0.05) is 39.0 Å². The van der Waals surface area contributed by atoms with Crippen LogP contribution in [0.3, 0.4) is 0 Å². The molecule has 8 heteroatoms. The van der Waals surface area contributed by atoms with Gasteiger partial charge in [-0.15, -0.1) is 0 Å². The normalized spacial score (nSPS) is 16.0. The van der Waals surface area contributed by atoms with E-state index in [4.69, 9.17) is 4.42 Å². The van der Waals surface area contributed by atoms with Crippen molar-refractivity contribution in [1.82, 2.24) is 9.21 Å². The van der Waals surface area contributed by atoms with Crippen LogP contribution in [-0.2, 0) is 21.2 Å². The highest BCUT2D eigenvalue weighted by molar-refractivity contribution is 7.89. The maximum absolute atomic E-state index is 13.4. The van der Waals surface area contributed by atoms with Gasteiger partial charge >= 0.3 is 0 Å². The molecule has 2 heterocycles. The van der Waals surface area contributed by atoms with Crippen LogP contribution in [0.25, 0.3) is 0 Å². The Morgan fingerprint density at radius 3 is 2.54 bits per heavy atom. The zero-order chi connectivity index (χ0) is 18.7. The third-order valence-corrected chi connectivity index (χ3v) is 6.42. The molecule has 0 bridgehead atoms. The van der Waals surface area contributed by atoms with Crippen LogP contribution in [0.5, 0.6) is 0 Å². The van der Waals surface area contributed by atoms with E-state index in [1.54, 1.807) is 17.2 Å². The summed E-state index contributed by atoms with van der Waals surface area (Å²) in [7, 11) is -3.68. The molecule has 1 aromatic heterocycles. The standard InChI is InChI=1S/C18H21FN2O4S/c1-14-13-16(5-6-17(14)19)26(23,24)21-10-8-20(9-11-21)18(22)7-4-15-3-2-12-25-15/h2-3,5-6,12-13H,4,7-11H2,1H3. The largest absolute Gasteiger partial charge is 0.469 e. The van der Waals surface area contributed by atoms with Gasteiger partial charge in [-0.2, -0.15) is 4.31 Å². The number of carbonyl (C=O) groups is 1. The van der Waals surface area contributed by atoms with Crippen molar-refractivity contribution >= 4 is 15.9 Å². The molecule has 2 aromatic rings. The summed E-state index contributed by atoms with van der Waals surface area (Å²) in [5.74, 6) is 0.304. The van der Waals surface area contributed by atoms with Crippen molar-refractivity contribution < 1.29 is 22.0 Å². The summed E-state index contributed by atoms with van der Waals surface area (Å²) in [5, 5.41) is 0. The van der Waals surface area contributed by atoms with E-state index in [-0.39, 0.29) is 29.5 Å². The topological polar surface area (TPSA) is 70.8 Å². The van der Waals surface area contributed by atoms with Crippen molar-refractivity contribution in [2.45, 2.75) is 24.7 Å². The van der Waals surface area contributed by atoms with Crippen LogP contribution in [0.1, 0.15) is 17.7 Å². The second-order valence-electron chi connectivity index (χ2n) is 6.28. The molecule has 0 N–H and O–H groups in total. The molecule has 1 aromatic carbocycles. The predicted octanol–water partition coefficient (Wildman–Crippen LogP) is 2.19. The molecule has 6 nitrogen and oxygen atoms in total. The number of piperazine rings is 1. The lowest BCUT2D eigenvalue weighted by Crippen LogP contribution is -2.50. The van der Waals surface area contributed by atoms with E-state index in [1.807, 2.05) is 6.07 Å². The van der Waals surface area contributed by atoms with Gasteiger partial charge in [-0.1, -0.05) is 0 Å². The molecule has 1 amide bonds. The average Bonchev–Trinajstić information content (AvgIpc) is 3.15. The predicted molar refractivity (Wildman–Crippen MR) is 93.5 cm³/mol. The molecule has 0 aliphatic carbocycles. The zero-order valence-electron chi connectivity index (χ0n) is 14.5. The molecule has 26 heavy (non-hydrogen) atoms. The third-order valence-electron chi connectivity index (χ3n) is 4.52. The van der Waals surface area contributed by atoms with Crippen LogP contribution in [0.4, 0.5) is 4.39 Å². The van der Waals surface area contributed by atoms with Gasteiger partial charge in [0.2, 0.25) is 15.9 Å². The molecule has 3 rings (SSSR count). The quantitative estimate of drug-likeness (QED) is 0.797. The number of nitrogens with zero attached hydrogens (tertiary/aromatic N) is 2. The van der Waals surface area contributed by atoms with E-state index in [1.165, 1.54) is 23.4 Å².